The third-order valence-corrected chi connectivity index (χ3v) is 4.79. The highest BCUT2D eigenvalue weighted by molar-refractivity contribution is 7.14. The molecule has 0 unspecified atom stereocenters. The zero-order chi connectivity index (χ0) is 21.9. The van der Waals surface area contributed by atoms with Crippen LogP contribution in [0.2, 0.25) is 0 Å². The van der Waals surface area contributed by atoms with Crippen LogP contribution in [0.5, 0.6) is 5.75 Å². The molecule has 0 saturated heterocycles. The Bertz CT molecular complexity index is 1030. The summed E-state index contributed by atoms with van der Waals surface area (Å²) >= 11 is 1.12. The molecule has 158 valence electrons. The van der Waals surface area contributed by atoms with Crippen molar-refractivity contribution in [3.8, 4) is 17.0 Å². The van der Waals surface area contributed by atoms with Crippen LogP contribution in [0.1, 0.15) is 24.5 Å². The summed E-state index contributed by atoms with van der Waals surface area (Å²) in [4.78, 5) is 15.5. The van der Waals surface area contributed by atoms with Gasteiger partial charge in [0.05, 0.1) is 11.3 Å². The summed E-state index contributed by atoms with van der Waals surface area (Å²) in [5.74, 6) is -2.85. The molecule has 1 heterocycles. The Morgan fingerprint density at radius 1 is 1.13 bits per heavy atom. The van der Waals surface area contributed by atoms with E-state index in [1.807, 2.05) is 0 Å². The molecule has 1 N–H and O–H groups in total. The maximum absolute atomic E-state index is 14.4. The number of carbonyl (C=O) groups is 1. The third kappa shape index (κ3) is 5.12. The number of benzene rings is 2. The van der Waals surface area contributed by atoms with Crippen molar-refractivity contribution in [2.45, 2.75) is 26.1 Å². The number of alkyl halides is 3. The molecule has 30 heavy (non-hydrogen) atoms. The minimum Gasteiger partial charge on any atom is -0.483 e. The maximum atomic E-state index is 14.4. The Morgan fingerprint density at radius 2 is 1.77 bits per heavy atom. The minimum atomic E-state index is -4.47. The number of anilines is 1. The number of thiazole rings is 1. The fourth-order valence-electron chi connectivity index (χ4n) is 2.46. The lowest BCUT2D eigenvalue weighted by Gasteiger charge is -2.11. The van der Waals surface area contributed by atoms with Crippen LogP contribution in [-0.2, 0) is 17.6 Å². The molecule has 1 aromatic heterocycles. The van der Waals surface area contributed by atoms with Crippen molar-refractivity contribution in [1.82, 2.24) is 4.98 Å². The van der Waals surface area contributed by atoms with Gasteiger partial charge in [0.15, 0.2) is 22.5 Å². The van der Waals surface area contributed by atoms with E-state index in [1.54, 1.807) is 12.3 Å². The average molecular weight is 442 g/mol. The molecule has 3 rings (SSSR count). The number of carbonyl (C=O) groups excluding carboxylic acids is 1. The van der Waals surface area contributed by atoms with Crippen LogP contribution in [-0.4, -0.2) is 10.9 Å². The third-order valence-electron chi connectivity index (χ3n) is 4.03. The molecule has 4 nitrogen and oxygen atoms in total. The lowest BCUT2D eigenvalue weighted by molar-refractivity contribution is -0.137. The van der Waals surface area contributed by atoms with E-state index in [1.165, 1.54) is 12.1 Å². The van der Waals surface area contributed by atoms with Gasteiger partial charge in [-0.25, -0.2) is 13.8 Å². The highest BCUT2D eigenvalue weighted by Crippen LogP contribution is 2.32. The van der Waals surface area contributed by atoms with Crippen LogP contribution < -0.4 is 10.1 Å². The summed E-state index contributed by atoms with van der Waals surface area (Å²) in [7, 11) is 0. The lowest BCUT2D eigenvalue weighted by atomic mass is 10.1. The number of amides is 1. The summed E-state index contributed by atoms with van der Waals surface area (Å²) < 4.78 is 71.6. The molecule has 0 atom stereocenters. The van der Waals surface area contributed by atoms with Crippen LogP contribution in [0.25, 0.3) is 11.3 Å². The van der Waals surface area contributed by atoms with Crippen molar-refractivity contribution in [2.75, 3.05) is 5.32 Å². The Labute approximate surface area is 172 Å². The van der Waals surface area contributed by atoms with Crippen molar-refractivity contribution in [3.05, 3.63) is 64.5 Å². The van der Waals surface area contributed by atoms with Crippen molar-refractivity contribution in [2.24, 2.45) is 0 Å². The smallest absolute Gasteiger partial charge is 0.416 e. The average Bonchev–Trinajstić information content (AvgIpc) is 3.15. The topological polar surface area (TPSA) is 51.2 Å². The molecule has 0 bridgehead atoms. The standard InChI is InChI=1S/C20H15F5N2O2S/c1-2-17(28)27-19-26-16(10-30-19)12-7-14(21)18(15(22)8-12)29-9-11-3-5-13(6-4-11)20(23,24)25/h3-8,10H,2,9H2,1H3,(H,26,27,28). The molecular weight excluding hydrogens is 427 g/mol. The number of halogens is 5. The van der Waals surface area contributed by atoms with Crippen LogP contribution in [0.15, 0.2) is 41.8 Å². The molecule has 1 amide bonds. The zero-order valence-electron chi connectivity index (χ0n) is 15.5. The molecule has 3 aromatic rings. The van der Waals surface area contributed by atoms with Gasteiger partial charge in [0, 0.05) is 17.4 Å². The Balaban J connectivity index is 1.73. The molecule has 0 saturated carbocycles. The minimum absolute atomic E-state index is 0.153. The number of ether oxygens (including phenoxy) is 1. The van der Waals surface area contributed by atoms with Crippen molar-refractivity contribution >= 4 is 22.4 Å². The van der Waals surface area contributed by atoms with Crippen molar-refractivity contribution < 1.29 is 31.5 Å². The van der Waals surface area contributed by atoms with Crippen LogP contribution in [0, 0.1) is 11.6 Å². The molecule has 0 aliphatic heterocycles. The highest BCUT2D eigenvalue weighted by atomic mass is 32.1. The van der Waals surface area contributed by atoms with Gasteiger partial charge in [0.2, 0.25) is 5.91 Å². The fourth-order valence-corrected chi connectivity index (χ4v) is 3.20. The number of aromatic nitrogens is 1. The Kier molecular flexibility index (Phi) is 6.35. The molecule has 0 radical (unpaired) electrons. The quantitative estimate of drug-likeness (QED) is 0.474. The van der Waals surface area contributed by atoms with E-state index >= 15 is 0 Å². The lowest BCUT2D eigenvalue weighted by Crippen LogP contribution is -2.08. The van der Waals surface area contributed by atoms with Gasteiger partial charge in [-0.15, -0.1) is 11.3 Å². The van der Waals surface area contributed by atoms with Gasteiger partial charge in [-0.3, -0.25) is 4.79 Å². The molecule has 0 spiro atoms. The van der Waals surface area contributed by atoms with Gasteiger partial charge in [-0.1, -0.05) is 19.1 Å². The van der Waals surface area contributed by atoms with Gasteiger partial charge in [0.25, 0.3) is 0 Å². The van der Waals surface area contributed by atoms with Gasteiger partial charge >= 0.3 is 6.18 Å². The van der Waals surface area contributed by atoms with Crippen LogP contribution >= 0.6 is 11.3 Å². The first-order chi connectivity index (χ1) is 14.2. The predicted molar refractivity (Wildman–Crippen MR) is 102 cm³/mol. The van der Waals surface area contributed by atoms with E-state index in [-0.39, 0.29) is 30.2 Å². The maximum Gasteiger partial charge on any atom is 0.416 e. The molecule has 2 aromatic carbocycles. The Morgan fingerprint density at radius 3 is 2.33 bits per heavy atom. The number of nitrogens with zero attached hydrogens (tertiary/aromatic N) is 1. The number of hydrogen-bond donors (Lipinski definition) is 1. The number of rotatable bonds is 6. The summed E-state index contributed by atoms with van der Waals surface area (Å²) in [6.07, 6.45) is -4.20. The first-order valence-corrected chi connectivity index (χ1v) is 9.59. The summed E-state index contributed by atoms with van der Waals surface area (Å²) in [5, 5.41) is 4.41. The SMILES string of the molecule is CCC(=O)Nc1nc(-c2cc(F)c(OCc3ccc(C(F)(F)F)cc3)c(F)c2)cs1. The second-order valence-electron chi connectivity index (χ2n) is 6.19. The molecule has 0 aliphatic rings. The molecule has 10 heteroatoms. The zero-order valence-corrected chi connectivity index (χ0v) is 16.3. The van der Waals surface area contributed by atoms with E-state index in [2.05, 4.69) is 10.3 Å². The summed E-state index contributed by atoms with van der Waals surface area (Å²) in [6.45, 7) is 1.37. The van der Waals surface area contributed by atoms with Gasteiger partial charge in [-0.05, 0) is 29.8 Å². The van der Waals surface area contributed by atoms with E-state index in [0.717, 1.165) is 35.6 Å². The fraction of sp³-hybridized carbons (Fsp3) is 0.200. The molecule has 0 fully saturated rings. The second-order valence-corrected chi connectivity index (χ2v) is 7.05. The number of nitrogens with one attached hydrogen (secondary N) is 1. The first kappa shape index (κ1) is 21.7. The van der Waals surface area contributed by atoms with Gasteiger partial charge < -0.3 is 10.1 Å². The van der Waals surface area contributed by atoms with Crippen LogP contribution in [0.3, 0.4) is 0 Å². The van der Waals surface area contributed by atoms with E-state index in [4.69, 9.17) is 4.74 Å². The van der Waals surface area contributed by atoms with Crippen molar-refractivity contribution in [1.29, 1.82) is 0 Å². The predicted octanol–water partition coefficient (Wildman–Crippen LogP) is 6.03. The highest BCUT2D eigenvalue weighted by Gasteiger charge is 2.30. The van der Waals surface area contributed by atoms with Gasteiger partial charge in [0.1, 0.15) is 6.61 Å². The summed E-state index contributed by atoms with van der Waals surface area (Å²) in [5.41, 5.74) is -0.0778. The normalized spacial score (nSPS) is 11.4. The second kappa shape index (κ2) is 8.78. The van der Waals surface area contributed by atoms with Crippen LogP contribution in [0.4, 0.5) is 27.1 Å². The van der Waals surface area contributed by atoms with E-state index in [9.17, 15) is 26.7 Å². The largest absolute Gasteiger partial charge is 0.483 e. The Hall–Kier alpha value is -3.01. The first-order valence-electron chi connectivity index (χ1n) is 8.71. The van der Waals surface area contributed by atoms with Gasteiger partial charge in [-0.2, -0.15) is 13.2 Å². The molecular formula is C20H15F5N2O2S. The summed E-state index contributed by atoms with van der Waals surface area (Å²) in [6, 6.07) is 6.15. The molecule has 0 aliphatic carbocycles. The monoisotopic (exact) mass is 442 g/mol. The van der Waals surface area contributed by atoms with E-state index < -0.39 is 29.1 Å². The van der Waals surface area contributed by atoms with Crippen molar-refractivity contribution in [3.63, 3.8) is 0 Å². The number of hydrogen-bond acceptors (Lipinski definition) is 4. The van der Waals surface area contributed by atoms with E-state index in [0.29, 0.717) is 10.7 Å².